The summed E-state index contributed by atoms with van der Waals surface area (Å²) in [7, 11) is -3.64. The summed E-state index contributed by atoms with van der Waals surface area (Å²) in [5.41, 5.74) is 6.80. The molecule has 0 saturated carbocycles. The van der Waals surface area contributed by atoms with E-state index < -0.39 is 21.8 Å². The summed E-state index contributed by atoms with van der Waals surface area (Å²) >= 11 is 1.25. The Labute approximate surface area is 183 Å². The fourth-order valence-corrected chi connectivity index (χ4v) is 5.74. The van der Waals surface area contributed by atoms with Crippen LogP contribution in [-0.2, 0) is 14.8 Å². The van der Waals surface area contributed by atoms with Crippen LogP contribution in [0, 0.1) is 5.92 Å². The Kier molecular flexibility index (Phi) is 5.90. The van der Waals surface area contributed by atoms with E-state index in [-0.39, 0.29) is 23.0 Å². The topological polar surface area (TPSA) is 138 Å². The van der Waals surface area contributed by atoms with Gasteiger partial charge in [0.25, 0.3) is 5.91 Å². The fourth-order valence-electron chi connectivity index (χ4n) is 3.47. The van der Waals surface area contributed by atoms with Crippen LogP contribution >= 0.6 is 11.3 Å². The highest BCUT2D eigenvalue weighted by molar-refractivity contribution is 7.89. The molecule has 1 aromatic carbocycles. The highest BCUT2D eigenvalue weighted by Crippen LogP contribution is 2.28. The predicted molar refractivity (Wildman–Crippen MR) is 117 cm³/mol. The maximum atomic E-state index is 12.9. The Bertz CT molecular complexity index is 1200. The van der Waals surface area contributed by atoms with Gasteiger partial charge in [-0.3, -0.25) is 9.59 Å². The fraction of sp³-hybridized carbons (Fsp3) is 0.250. The monoisotopic (exact) mass is 459 g/mol. The van der Waals surface area contributed by atoms with Crippen LogP contribution in [-0.4, -0.2) is 47.6 Å². The molecule has 9 nitrogen and oxygen atoms in total. The molecule has 0 radical (unpaired) electrons. The summed E-state index contributed by atoms with van der Waals surface area (Å²) in [5.74, 6) is -1.30. The molecule has 4 rings (SSSR count). The van der Waals surface area contributed by atoms with E-state index in [1.807, 2.05) is 0 Å². The van der Waals surface area contributed by atoms with Gasteiger partial charge in [0, 0.05) is 30.2 Å². The van der Waals surface area contributed by atoms with Gasteiger partial charge in [-0.05, 0) is 31.0 Å². The number of hydrogen-bond acceptors (Lipinski definition) is 6. The van der Waals surface area contributed by atoms with E-state index in [0.717, 1.165) is 0 Å². The number of carbonyl (C=O) groups excluding carboxylic acids is 2. The van der Waals surface area contributed by atoms with Crippen molar-refractivity contribution < 1.29 is 18.0 Å². The van der Waals surface area contributed by atoms with Crippen LogP contribution < -0.4 is 11.1 Å². The number of amides is 2. The maximum Gasteiger partial charge on any atom is 0.265 e. The first-order valence-corrected chi connectivity index (χ1v) is 12.0. The lowest BCUT2D eigenvalue weighted by atomic mass is 9.99. The van der Waals surface area contributed by atoms with Gasteiger partial charge >= 0.3 is 0 Å². The molecule has 1 unspecified atom stereocenters. The Morgan fingerprint density at radius 2 is 2.03 bits per heavy atom. The van der Waals surface area contributed by atoms with Crippen LogP contribution in [0.4, 0.5) is 5.13 Å². The summed E-state index contributed by atoms with van der Waals surface area (Å²) in [6.45, 7) is 0.513. The van der Waals surface area contributed by atoms with Gasteiger partial charge in [0.05, 0.1) is 16.5 Å². The first kappa shape index (κ1) is 21.2. The van der Waals surface area contributed by atoms with Crippen molar-refractivity contribution in [3.8, 4) is 11.3 Å². The second-order valence-electron chi connectivity index (χ2n) is 7.21. The molecule has 2 aromatic heterocycles. The van der Waals surface area contributed by atoms with Crippen LogP contribution in [0.25, 0.3) is 11.3 Å². The first-order valence-electron chi connectivity index (χ1n) is 9.65. The third kappa shape index (κ3) is 4.53. The molecule has 1 saturated heterocycles. The molecule has 1 fully saturated rings. The van der Waals surface area contributed by atoms with Crippen LogP contribution in [0.15, 0.2) is 52.9 Å². The van der Waals surface area contributed by atoms with E-state index in [0.29, 0.717) is 35.8 Å². The average molecular weight is 460 g/mol. The van der Waals surface area contributed by atoms with Crippen molar-refractivity contribution >= 4 is 38.3 Å². The number of hydrogen-bond donors (Lipinski definition) is 3. The summed E-state index contributed by atoms with van der Waals surface area (Å²) in [6.07, 6.45) is 2.82. The molecule has 4 N–H and O–H groups in total. The zero-order valence-corrected chi connectivity index (χ0v) is 18.1. The number of sulfonamides is 1. The van der Waals surface area contributed by atoms with Crippen molar-refractivity contribution in [1.82, 2.24) is 14.3 Å². The van der Waals surface area contributed by atoms with E-state index in [4.69, 9.17) is 5.73 Å². The summed E-state index contributed by atoms with van der Waals surface area (Å²) in [6, 6.07) is 9.82. The molecule has 3 heterocycles. The lowest BCUT2D eigenvalue weighted by Gasteiger charge is -2.31. The van der Waals surface area contributed by atoms with Gasteiger partial charge in [-0.2, -0.15) is 4.31 Å². The third-order valence-corrected chi connectivity index (χ3v) is 7.75. The largest absolute Gasteiger partial charge is 0.364 e. The number of rotatable bonds is 6. The molecule has 31 heavy (non-hydrogen) atoms. The Hall–Kier alpha value is -3.02. The van der Waals surface area contributed by atoms with Gasteiger partial charge in [-0.1, -0.05) is 18.2 Å². The van der Waals surface area contributed by atoms with E-state index in [2.05, 4.69) is 15.3 Å². The number of piperidine rings is 1. The lowest BCUT2D eigenvalue weighted by Crippen LogP contribution is -2.43. The maximum absolute atomic E-state index is 12.9. The number of nitrogens with one attached hydrogen (secondary N) is 2. The predicted octanol–water partition coefficient (Wildman–Crippen LogP) is 2.28. The average Bonchev–Trinajstić information content (AvgIpc) is 3.44. The summed E-state index contributed by atoms with van der Waals surface area (Å²) in [5, 5.41) is 4.96. The van der Waals surface area contributed by atoms with E-state index in [1.165, 1.54) is 15.6 Å². The van der Waals surface area contributed by atoms with Gasteiger partial charge in [0.1, 0.15) is 5.69 Å². The zero-order chi connectivity index (χ0) is 22.0. The Balaban J connectivity index is 1.43. The summed E-state index contributed by atoms with van der Waals surface area (Å²) < 4.78 is 27.1. The number of thiazole rings is 1. The number of benzene rings is 1. The molecular weight excluding hydrogens is 438 g/mol. The minimum Gasteiger partial charge on any atom is -0.364 e. The molecule has 2 amide bonds. The van der Waals surface area contributed by atoms with Crippen molar-refractivity contribution in [3.05, 3.63) is 53.7 Å². The molecule has 1 atom stereocenters. The Morgan fingerprint density at radius 1 is 1.26 bits per heavy atom. The molecule has 1 aliphatic heterocycles. The highest BCUT2D eigenvalue weighted by Gasteiger charge is 2.33. The number of primary amides is 1. The van der Waals surface area contributed by atoms with E-state index >= 15 is 0 Å². The van der Waals surface area contributed by atoms with Gasteiger partial charge in [0.2, 0.25) is 15.9 Å². The third-order valence-electron chi connectivity index (χ3n) is 5.11. The van der Waals surface area contributed by atoms with Gasteiger partial charge in [-0.15, -0.1) is 11.3 Å². The van der Waals surface area contributed by atoms with Crippen molar-refractivity contribution in [2.75, 3.05) is 18.4 Å². The zero-order valence-electron chi connectivity index (χ0n) is 16.4. The van der Waals surface area contributed by atoms with Gasteiger partial charge in [-0.25, -0.2) is 13.4 Å². The van der Waals surface area contributed by atoms with Crippen molar-refractivity contribution in [3.63, 3.8) is 0 Å². The van der Waals surface area contributed by atoms with E-state index in [1.54, 1.807) is 48.0 Å². The van der Waals surface area contributed by atoms with Gasteiger partial charge < -0.3 is 16.0 Å². The minimum atomic E-state index is -3.64. The standard InChI is InChI=1S/C20H21N5O4S2/c21-18(26)16-9-14(10-22-16)17-12-30-20(23-17)24-19(27)13-5-4-8-25(11-13)31(28,29)15-6-2-1-3-7-15/h1-3,6-7,9-10,12-13,22H,4-5,8,11H2,(H2,21,26)(H,23,24,27). The van der Waals surface area contributed by atoms with Crippen LogP contribution in [0.2, 0.25) is 0 Å². The van der Waals surface area contributed by atoms with Crippen molar-refractivity contribution in [2.45, 2.75) is 17.7 Å². The van der Waals surface area contributed by atoms with E-state index in [9.17, 15) is 18.0 Å². The second-order valence-corrected chi connectivity index (χ2v) is 10.0. The second kappa shape index (κ2) is 8.61. The minimum absolute atomic E-state index is 0.126. The normalized spacial score (nSPS) is 17.4. The molecule has 11 heteroatoms. The number of nitrogens with zero attached hydrogens (tertiary/aromatic N) is 2. The number of carbonyl (C=O) groups is 2. The van der Waals surface area contributed by atoms with Gasteiger partial charge in [0.15, 0.2) is 5.13 Å². The van der Waals surface area contributed by atoms with Crippen molar-refractivity contribution in [1.29, 1.82) is 0 Å². The number of aromatic nitrogens is 2. The quantitative estimate of drug-likeness (QED) is 0.519. The molecule has 162 valence electrons. The first-order chi connectivity index (χ1) is 14.8. The molecule has 1 aliphatic rings. The van der Waals surface area contributed by atoms with Crippen LogP contribution in [0.1, 0.15) is 23.3 Å². The Morgan fingerprint density at radius 3 is 2.74 bits per heavy atom. The smallest absolute Gasteiger partial charge is 0.265 e. The molecular formula is C20H21N5O4S2. The molecule has 0 bridgehead atoms. The number of anilines is 1. The molecule has 0 aliphatic carbocycles. The number of H-pyrrole nitrogens is 1. The lowest BCUT2D eigenvalue weighted by molar-refractivity contribution is -0.120. The van der Waals surface area contributed by atoms with Crippen LogP contribution in [0.5, 0.6) is 0 Å². The highest BCUT2D eigenvalue weighted by atomic mass is 32.2. The number of aromatic amines is 1. The molecule has 3 aromatic rings. The SMILES string of the molecule is NC(=O)c1cc(-c2csc(NC(=O)C3CCCN(S(=O)(=O)c4ccccc4)C3)n2)c[nH]1. The molecule has 0 spiro atoms. The van der Waals surface area contributed by atoms with Crippen molar-refractivity contribution in [2.24, 2.45) is 11.7 Å². The van der Waals surface area contributed by atoms with Crippen LogP contribution in [0.3, 0.4) is 0 Å². The number of nitrogens with two attached hydrogens (primary N) is 1. The summed E-state index contributed by atoms with van der Waals surface area (Å²) in [4.78, 5) is 31.4.